The van der Waals surface area contributed by atoms with Gasteiger partial charge in [0.25, 0.3) is 11.8 Å². The van der Waals surface area contributed by atoms with E-state index in [4.69, 9.17) is 9.47 Å². The summed E-state index contributed by atoms with van der Waals surface area (Å²) < 4.78 is 37.5. The number of rotatable bonds is 11. The molecule has 2 amide bonds. The number of carbonyl (C=O) groups is 2. The predicted molar refractivity (Wildman–Crippen MR) is 171 cm³/mol. The van der Waals surface area contributed by atoms with Gasteiger partial charge in [-0.1, -0.05) is 36.8 Å². The van der Waals surface area contributed by atoms with Crippen LogP contribution in [0.25, 0.3) is 0 Å². The number of carbonyl (C=O) groups excluding carboxylic acids is 2. The highest BCUT2D eigenvalue weighted by molar-refractivity contribution is 7.92. The maximum absolute atomic E-state index is 13.1. The van der Waals surface area contributed by atoms with Gasteiger partial charge < -0.3 is 25.2 Å². The zero-order chi connectivity index (χ0) is 32.0. The molecule has 0 spiro atoms. The number of phenolic OH excluding ortho intramolecular Hbond substituents is 1. The lowest BCUT2D eigenvalue weighted by Crippen LogP contribution is -2.32. The predicted octanol–water partition coefficient (Wildman–Crippen LogP) is 6.53. The largest absolute Gasteiger partial charge is 0.505 e. The van der Waals surface area contributed by atoms with E-state index in [9.17, 15) is 23.1 Å². The molecule has 4 aromatic carbocycles. The minimum Gasteiger partial charge on any atom is -0.505 e. The summed E-state index contributed by atoms with van der Waals surface area (Å²) in [5.74, 6) is 0.382. The van der Waals surface area contributed by atoms with Crippen LogP contribution in [0.15, 0.2) is 78.9 Å². The lowest BCUT2D eigenvalue weighted by Gasteiger charge is -2.19. The Hall–Kier alpha value is -5.03. The van der Waals surface area contributed by atoms with E-state index in [0.717, 1.165) is 17.4 Å². The number of ether oxygens (including phenoxy) is 2. The first-order valence-electron chi connectivity index (χ1n) is 13.9. The Morgan fingerprint density at radius 1 is 0.841 bits per heavy atom. The van der Waals surface area contributed by atoms with Crippen molar-refractivity contribution in [2.45, 2.75) is 40.2 Å². The number of hydrogen-bond donors (Lipinski definition) is 4. The van der Waals surface area contributed by atoms with Crippen LogP contribution < -0.4 is 24.8 Å². The van der Waals surface area contributed by atoms with Crippen LogP contribution >= 0.6 is 0 Å². The van der Waals surface area contributed by atoms with Crippen LogP contribution in [0.1, 0.15) is 40.4 Å². The highest BCUT2D eigenvalue weighted by Gasteiger charge is 2.20. The van der Waals surface area contributed by atoms with Crippen molar-refractivity contribution in [2.24, 2.45) is 0 Å². The van der Waals surface area contributed by atoms with E-state index >= 15 is 0 Å². The number of benzene rings is 4. The summed E-state index contributed by atoms with van der Waals surface area (Å²) in [6.07, 6.45) is 0.781. The standard InChI is InChI=1S/C33H35N3O7S/c1-6-29(43-30-14-13-20(2)15-21(30)3)33(39)34-24-10-8-12-26(18-24)42-27-16-22(4)31(37)28(19-27)35-32(38)23-9-7-11-25(17-23)36-44(5,40)41/h7-19,29,36-37H,6H2,1-5H3,(H,34,39)(H,35,38). The van der Waals surface area contributed by atoms with Crippen LogP contribution in [-0.2, 0) is 14.8 Å². The van der Waals surface area contributed by atoms with Gasteiger partial charge >= 0.3 is 0 Å². The number of anilines is 3. The van der Waals surface area contributed by atoms with Gasteiger partial charge in [-0.25, -0.2) is 8.42 Å². The summed E-state index contributed by atoms with van der Waals surface area (Å²) in [7, 11) is -3.53. The summed E-state index contributed by atoms with van der Waals surface area (Å²) in [6, 6.07) is 21.7. The Bertz CT molecular complexity index is 1810. The molecule has 10 nitrogen and oxygen atoms in total. The zero-order valence-corrected chi connectivity index (χ0v) is 25.9. The Kier molecular flexibility index (Phi) is 9.80. The first-order chi connectivity index (χ1) is 20.8. The van der Waals surface area contributed by atoms with Gasteiger partial charge in [-0.3, -0.25) is 14.3 Å². The summed E-state index contributed by atoms with van der Waals surface area (Å²) in [4.78, 5) is 26.0. The number of sulfonamides is 1. The molecular formula is C33H35N3O7S. The molecule has 44 heavy (non-hydrogen) atoms. The summed E-state index contributed by atoms with van der Waals surface area (Å²) in [6.45, 7) is 7.47. The van der Waals surface area contributed by atoms with Crippen molar-refractivity contribution in [1.29, 1.82) is 0 Å². The molecule has 0 aliphatic heterocycles. The third-order valence-electron chi connectivity index (χ3n) is 6.55. The quantitative estimate of drug-likeness (QED) is 0.140. The molecule has 0 fully saturated rings. The molecule has 0 aliphatic carbocycles. The van der Waals surface area contributed by atoms with Crippen molar-refractivity contribution in [3.8, 4) is 23.0 Å². The van der Waals surface area contributed by atoms with E-state index in [1.807, 2.05) is 39.0 Å². The third-order valence-corrected chi connectivity index (χ3v) is 7.16. The fourth-order valence-electron chi connectivity index (χ4n) is 4.44. The smallest absolute Gasteiger partial charge is 0.265 e. The van der Waals surface area contributed by atoms with Crippen LogP contribution in [0.5, 0.6) is 23.0 Å². The highest BCUT2D eigenvalue weighted by Crippen LogP contribution is 2.35. The minimum absolute atomic E-state index is 0.102. The normalized spacial score (nSPS) is 11.8. The second kappa shape index (κ2) is 13.5. The average molecular weight is 618 g/mol. The van der Waals surface area contributed by atoms with Crippen molar-refractivity contribution < 1.29 is 32.6 Å². The highest BCUT2D eigenvalue weighted by atomic mass is 32.2. The molecule has 4 aromatic rings. The van der Waals surface area contributed by atoms with Crippen LogP contribution in [0, 0.1) is 20.8 Å². The summed E-state index contributed by atoms with van der Waals surface area (Å²) in [5, 5.41) is 16.2. The van der Waals surface area contributed by atoms with Gasteiger partial charge in [-0.15, -0.1) is 0 Å². The molecule has 0 bridgehead atoms. The average Bonchev–Trinajstić information content (AvgIpc) is 2.94. The fourth-order valence-corrected chi connectivity index (χ4v) is 4.99. The molecule has 1 atom stereocenters. The summed E-state index contributed by atoms with van der Waals surface area (Å²) >= 11 is 0. The van der Waals surface area contributed by atoms with Crippen LogP contribution in [-0.4, -0.2) is 37.7 Å². The number of hydrogen-bond acceptors (Lipinski definition) is 7. The van der Waals surface area contributed by atoms with E-state index < -0.39 is 22.0 Å². The fraction of sp³-hybridized carbons (Fsp3) is 0.212. The molecule has 0 saturated carbocycles. The molecule has 4 rings (SSSR count). The van der Waals surface area contributed by atoms with Crippen molar-refractivity contribution in [3.05, 3.63) is 101 Å². The number of phenols is 1. The molecule has 0 aliphatic rings. The molecule has 0 heterocycles. The second-order valence-corrected chi connectivity index (χ2v) is 12.2. The van der Waals surface area contributed by atoms with Crippen molar-refractivity contribution in [2.75, 3.05) is 21.6 Å². The molecule has 11 heteroatoms. The zero-order valence-electron chi connectivity index (χ0n) is 25.1. The molecule has 0 radical (unpaired) electrons. The topological polar surface area (TPSA) is 143 Å². The number of amides is 2. The number of nitrogens with one attached hydrogen (secondary N) is 3. The first kappa shape index (κ1) is 31.9. The third kappa shape index (κ3) is 8.51. The van der Waals surface area contributed by atoms with Gasteiger partial charge in [0.1, 0.15) is 23.0 Å². The van der Waals surface area contributed by atoms with E-state index in [1.165, 1.54) is 30.3 Å². The Morgan fingerprint density at radius 3 is 2.27 bits per heavy atom. The SMILES string of the molecule is CCC(Oc1ccc(C)cc1C)C(=O)Nc1cccc(Oc2cc(C)c(O)c(NC(=O)c3cccc(NS(C)(=O)=O)c3)c2)c1. The number of aromatic hydroxyl groups is 1. The van der Waals surface area contributed by atoms with Gasteiger partial charge in [0.15, 0.2) is 6.10 Å². The van der Waals surface area contributed by atoms with Crippen LogP contribution in [0.3, 0.4) is 0 Å². The van der Waals surface area contributed by atoms with Gasteiger partial charge in [0.2, 0.25) is 10.0 Å². The summed E-state index contributed by atoms with van der Waals surface area (Å²) in [5.41, 5.74) is 3.51. The van der Waals surface area contributed by atoms with Gasteiger partial charge in [0.05, 0.1) is 11.9 Å². The van der Waals surface area contributed by atoms with Crippen molar-refractivity contribution >= 4 is 38.9 Å². The minimum atomic E-state index is -3.53. The van der Waals surface area contributed by atoms with Crippen LogP contribution in [0.4, 0.5) is 17.1 Å². The molecule has 4 N–H and O–H groups in total. The molecule has 0 aromatic heterocycles. The Morgan fingerprint density at radius 2 is 1.57 bits per heavy atom. The monoisotopic (exact) mass is 617 g/mol. The van der Waals surface area contributed by atoms with Gasteiger partial charge in [-0.05, 0) is 80.8 Å². The Labute approximate surface area is 257 Å². The lowest BCUT2D eigenvalue weighted by atomic mass is 10.1. The maximum atomic E-state index is 13.1. The second-order valence-electron chi connectivity index (χ2n) is 10.4. The van der Waals surface area contributed by atoms with Crippen LogP contribution in [0.2, 0.25) is 0 Å². The van der Waals surface area contributed by atoms with Gasteiger partial charge in [-0.2, -0.15) is 0 Å². The van der Waals surface area contributed by atoms with E-state index in [-0.39, 0.29) is 28.6 Å². The molecule has 0 saturated heterocycles. The van der Waals surface area contributed by atoms with E-state index in [0.29, 0.717) is 34.9 Å². The maximum Gasteiger partial charge on any atom is 0.265 e. The van der Waals surface area contributed by atoms with E-state index in [2.05, 4.69) is 15.4 Å². The molecule has 230 valence electrons. The van der Waals surface area contributed by atoms with E-state index in [1.54, 1.807) is 37.3 Å². The Balaban J connectivity index is 1.47. The molecule has 1 unspecified atom stereocenters. The lowest BCUT2D eigenvalue weighted by molar-refractivity contribution is -0.122. The van der Waals surface area contributed by atoms with Crippen molar-refractivity contribution in [3.63, 3.8) is 0 Å². The first-order valence-corrected chi connectivity index (χ1v) is 15.8. The van der Waals surface area contributed by atoms with Gasteiger partial charge in [0, 0.05) is 29.1 Å². The van der Waals surface area contributed by atoms with Crippen molar-refractivity contribution in [1.82, 2.24) is 0 Å². The molecular weight excluding hydrogens is 582 g/mol. The number of aryl methyl sites for hydroxylation is 3.